The van der Waals surface area contributed by atoms with Crippen molar-refractivity contribution in [2.45, 2.75) is 67.2 Å². The number of hydrogen-bond donors (Lipinski definition) is 3. The maximum atomic E-state index is 10.8. The number of hydrogen-bond acceptors (Lipinski definition) is 4. The van der Waals surface area contributed by atoms with Crippen molar-refractivity contribution in [2.75, 3.05) is 0 Å². The molecule has 0 aromatic carbocycles. The van der Waals surface area contributed by atoms with E-state index >= 15 is 0 Å². The molecule has 0 spiro atoms. The number of halogens is 1. The van der Waals surface area contributed by atoms with Gasteiger partial charge < -0.3 is 0 Å². The Labute approximate surface area is 134 Å². The van der Waals surface area contributed by atoms with Crippen molar-refractivity contribution >= 4 is 20.4 Å². The molecule has 2 heterocycles. The second-order valence-corrected chi connectivity index (χ2v) is 13.0. The van der Waals surface area contributed by atoms with Crippen molar-refractivity contribution in [3.8, 4) is 0 Å². The summed E-state index contributed by atoms with van der Waals surface area (Å²) in [5.74, 6) is 2.24. The molecule has 0 aromatic heterocycles. The molecule has 21 heavy (non-hydrogen) atoms. The zero-order valence-electron chi connectivity index (χ0n) is 12.8. The molecule has 6 rings (SSSR count). The summed E-state index contributed by atoms with van der Waals surface area (Å²) in [5.41, 5.74) is -0.628. The maximum absolute atomic E-state index is 10.8. The first-order valence-corrected chi connectivity index (χ1v) is 11.4. The van der Waals surface area contributed by atoms with Crippen molar-refractivity contribution in [3.05, 3.63) is 12.3 Å². The van der Waals surface area contributed by atoms with Gasteiger partial charge in [0.05, 0.1) is 0 Å². The third kappa shape index (κ3) is 1.72. The average molecular weight is 404 g/mol. The number of fused-ring (bicyclic) bond motifs is 1. The molecule has 2 aliphatic heterocycles. The molecule has 5 heteroatoms. The van der Waals surface area contributed by atoms with E-state index in [9.17, 15) is 5.11 Å². The van der Waals surface area contributed by atoms with E-state index in [-0.39, 0.29) is 14.7 Å². The van der Waals surface area contributed by atoms with Gasteiger partial charge >= 0.3 is 134 Å². The first-order valence-electron chi connectivity index (χ1n) is 8.12. The van der Waals surface area contributed by atoms with E-state index in [1.807, 2.05) is 0 Å². The van der Waals surface area contributed by atoms with Gasteiger partial charge in [-0.15, -0.1) is 0 Å². The Morgan fingerprint density at radius 1 is 1.24 bits per heavy atom. The van der Waals surface area contributed by atoms with Gasteiger partial charge in [-0.3, -0.25) is 0 Å². The fourth-order valence-corrected chi connectivity index (χ4v) is 11.2. The van der Waals surface area contributed by atoms with Crippen LogP contribution in [0, 0.1) is 17.3 Å². The normalized spacial score (nSPS) is 49.8. The first-order chi connectivity index (χ1) is 9.76. The summed E-state index contributed by atoms with van der Waals surface area (Å²) in [6.07, 6.45) is 6.35. The Morgan fingerprint density at radius 2 is 1.81 bits per heavy atom. The third-order valence-electron chi connectivity index (χ3n) is 6.54. The monoisotopic (exact) mass is 404 g/mol. The predicted octanol–water partition coefficient (Wildman–Crippen LogP) is 2.82. The SMILES string of the molecule is C=C(OC12CC3CC(CC(O)(C3)C1)C2)C(C)(C)C12NI1N2. The van der Waals surface area contributed by atoms with E-state index < -0.39 is 26.0 Å². The molecule has 4 nitrogen and oxygen atoms in total. The van der Waals surface area contributed by atoms with Crippen molar-refractivity contribution < 1.29 is 9.84 Å². The standard InChI is InChI=1S/C16H25IN2O2/c1-10(13(2,3)16-17(18-16)19-16)21-15-7-11-4-12(8-15)6-14(20,5-11)9-15/h11-12,18-20H,1,4-9H2,2-3H3. The summed E-state index contributed by atoms with van der Waals surface area (Å²) in [7, 11) is 0. The number of rotatable bonds is 4. The molecule has 2 unspecified atom stereocenters. The fourth-order valence-electron chi connectivity index (χ4n) is 5.53. The van der Waals surface area contributed by atoms with E-state index in [1.165, 1.54) is 6.42 Å². The molecule has 4 saturated carbocycles. The van der Waals surface area contributed by atoms with Gasteiger partial charge in [-0.25, -0.2) is 0 Å². The zero-order valence-corrected chi connectivity index (χ0v) is 15.0. The summed E-state index contributed by atoms with van der Waals surface area (Å²) in [4.78, 5) is 0. The summed E-state index contributed by atoms with van der Waals surface area (Å²) in [5, 5.41) is 10.8. The number of alkyl halides is 1. The molecule has 6 aliphatic rings. The van der Waals surface area contributed by atoms with Crippen LogP contribution in [0.4, 0.5) is 0 Å². The van der Waals surface area contributed by atoms with Crippen molar-refractivity contribution in [3.63, 3.8) is 0 Å². The van der Waals surface area contributed by atoms with Crippen LogP contribution in [0.2, 0.25) is 0 Å². The van der Waals surface area contributed by atoms with Crippen LogP contribution in [0.3, 0.4) is 0 Å². The van der Waals surface area contributed by atoms with Gasteiger partial charge in [0.25, 0.3) is 0 Å². The van der Waals surface area contributed by atoms with E-state index in [1.54, 1.807) is 0 Å². The average Bonchev–Trinajstić information content (AvgIpc) is 3.11. The van der Waals surface area contributed by atoms with Gasteiger partial charge in [0.1, 0.15) is 0 Å². The van der Waals surface area contributed by atoms with Crippen molar-refractivity contribution in [1.82, 2.24) is 7.06 Å². The topological polar surface area (TPSA) is 73.3 Å². The summed E-state index contributed by atoms with van der Waals surface area (Å²) in [6.45, 7) is 8.79. The van der Waals surface area contributed by atoms with Gasteiger partial charge in [0.2, 0.25) is 0 Å². The third-order valence-corrected chi connectivity index (χ3v) is 11.7. The van der Waals surface area contributed by atoms with Crippen molar-refractivity contribution in [2.24, 2.45) is 17.3 Å². The number of ether oxygens (including phenoxy) is 1. The molecule has 2 atom stereocenters. The summed E-state index contributed by atoms with van der Waals surface area (Å²) < 4.78 is 14.0. The summed E-state index contributed by atoms with van der Waals surface area (Å²) in [6, 6.07) is 0. The Morgan fingerprint density at radius 3 is 2.29 bits per heavy atom. The van der Waals surface area contributed by atoms with Gasteiger partial charge in [-0.1, -0.05) is 0 Å². The van der Waals surface area contributed by atoms with Crippen LogP contribution >= 0.6 is 20.4 Å². The molecular weight excluding hydrogens is 379 g/mol. The molecule has 0 aromatic rings. The molecule has 4 bridgehead atoms. The van der Waals surface area contributed by atoms with Crippen LogP contribution in [0.5, 0.6) is 0 Å². The van der Waals surface area contributed by atoms with E-state index in [2.05, 4.69) is 27.5 Å². The molecule has 4 aliphatic carbocycles. The molecule has 0 radical (unpaired) electrons. The summed E-state index contributed by atoms with van der Waals surface area (Å²) >= 11 is -0.998. The zero-order chi connectivity index (χ0) is 14.7. The van der Waals surface area contributed by atoms with Crippen LogP contribution in [0.25, 0.3) is 0 Å². The Bertz CT molecular complexity index is 526. The minimum atomic E-state index is -0.998. The van der Waals surface area contributed by atoms with Crippen LogP contribution < -0.4 is 7.06 Å². The first kappa shape index (κ1) is 13.6. The van der Waals surface area contributed by atoms with Gasteiger partial charge in [-0.2, -0.15) is 0 Å². The van der Waals surface area contributed by atoms with Gasteiger partial charge in [0.15, 0.2) is 0 Å². The minimum absolute atomic E-state index is 0.0379. The molecular formula is C16H25IN2O2. The molecule has 0 amide bonds. The Hall–Kier alpha value is 0.150. The number of aliphatic hydroxyl groups is 1. The Kier molecular flexibility index (Phi) is 2.34. The van der Waals surface area contributed by atoms with E-state index in [0.29, 0.717) is 11.8 Å². The van der Waals surface area contributed by atoms with Crippen LogP contribution in [0.15, 0.2) is 12.3 Å². The van der Waals surface area contributed by atoms with Gasteiger partial charge in [0, 0.05) is 0 Å². The predicted molar refractivity (Wildman–Crippen MR) is 89.4 cm³/mol. The van der Waals surface area contributed by atoms with Crippen LogP contribution in [-0.4, -0.2) is 20.0 Å². The second kappa shape index (κ2) is 3.62. The molecule has 2 saturated heterocycles. The molecule has 3 N–H and O–H groups in total. The number of nitrogens with one attached hydrogen (secondary N) is 2. The fraction of sp³-hybridized carbons (Fsp3) is 0.875. The van der Waals surface area contributed by atoms with Crippen LogP contribution in [0.1, 0.15) is 52.4 Å². The second-order valence-electron chi connectivity index (χ2n) is 8.65. The van der Waals surface area contributed by atoms with E-state index in [0.717, 1.165) is 37.9 Å². The molecule has 6 fully saturated rings. The van der Waals surface area contributed by atoms with Crippen LogP contribution in [-0.2, 0) is 4.74 Å². The van der Waals surface area contributed by atoms with Gasteiger partial charge in [-0.05, 0) is 0 Å². The quantitative estimate of drug-likeness (QED) is 0.168. The molecule has 118 valence electrons. The van der Waals surface area contributed by atoms with Crippen molar-refractivity contribution in [1.29, 1.82) is 0 Å². The Balaban J connectivity index is 1.39. The van der Waals surface area contributed by atoms with E-state index in [4.69, 9.17) is 4.74 Å².